The standard InChI is InChI=1S/C23H20N4O3S/c1-27(2)23(29)15-7-9-18(10-8-15)25-21(28)17(13-24)11-19-14-31-22(26-19)16-5-4-6-20(12-16)30-3/h4-12,14H,1-3H3,(H,25,28)/b17-11-. The number of nitriles is 1. The van der Waals surface area contributed by atoms with Crippen LogP contribution in [0.3, 0.4) is 0 Å². The molecule has 31 heavy (non-hydrogen) atoms. The number of anilines is 1. The fourth-order valence-corrected chi connectivity index (χ4v) is 3.46. The van der Waals surface area contributed by atoms with Gasteiger partial charge in [0.1, 0.15) is 22.4 Å². The molecule has 0 aliphatic rings. The number of hydrogen-bond donors (Lipinski definition) is 1. The number of carbonyl (C=O) groups is 2. The van der Waals surface area contributed by atoms with E-state index in [2.05, 4.69) is 10.3 Å². The molecular formula is C23H20N4O3S. The van der Waals surface area contributed by atoms with E-state index >= 15 is 0 Å². The predicted molar refractivity (Wildman–Crippen MR) is 121 cm³/mol. The Morgan fingerprint density at radius 3 is 2.58 bits per heavy atom. The first kappa shape index (κ1) is 21.7. The second kappa shape index (κ2) is 9.69. The minimum Gasteiger partial charge on any atom is -0.497 e. The molecule has 0 fully saturated rings. The van der Waals surface area contributed by atoms with Gasteiger partial charge < -0.3 is 15.0 Å². The van der Waals surface area contributed by atoms with Crippen LogP contribution in [-0.2, 0) is 4.79 Å². The monoisotopic (exact) mass is 432 g/mol. The number of aromatic nitrogens is 1. The van der Waals surface area contributed by atoms with Crippen LogP contribution in [0.25, 0.3) is 16.6 Å². The molecule has 1 heterocycles. The Hall–Kier alpha value is -3.96. The van der Waals surface area contributed by atoms with Crippen molar-refractivity contribution in [1.82, 2.24) is 9.88 Å². The SMILES string of the molecule is COc1cccc(-c2nc(/C=C(/C#N)C(=O)Nc3ccc(C(=O)N(C)C)cc3)cs2)c1. The van der Waals surface area contributed by atoms with Gasteiger partial charge in [-0.3, -0.25) is 9.59 Å². The van der Waals surface area contributed by atoms with Crippen LogP contribution in [0.1, 0.15) is 16.1 Å². The highest BCUT2D eigenvalue weighted by atomic mass is 32.1. The number of carbonyl (C=O) groups excluding carboxylic acids is 2. The third-order valence-electron chi connectivity index (χ3n) is 4.29. The summed E-state index contributed by atoms with van der Waals surface area (Å²) in [5.74, 6) is 0.0381. The largest absolute Gasteiger partial charge is 0.497 e. The predicted octanol–water partition coefficient (Wildman–Crippen LogP) is 4.07. The molecule has 3 aromatic rings. The molecule has 0 radical (unpaired) electrons. The molecule has 0 spiro atoms. The third kappa shape index (κ3) is 5.35. The van der Waals surface area contributed by atoms with Crippen molar-refractivity contribution in [2.45, 2.75) is 0 Å². The molecule has 2 amide bonds. The zero-order valence-electron chi connectivity index (χ0n) is 17.2. The number of methoxy groups -OCH3 is 1. The van der Waals surface area contributed by atoms with Crippen LogP contribution in [0.4, 0.5) is 5.69 Å². The Kier molecular flexibility index (Phi) is 6.80. The molecule has 0 aliphatic heterocycles. The summed E-state index contributed by atoms with van der Waals surface area (Å²) in [5, 5.41) is 14.6. The van der Waals surface area contributed by atoms with Crippen molar-refractivity contribution >= 4 is 34.9 Å². The highest BCUT2D eigenvalue weighted by molar-refractivity contribution is 7.13. The van der Waals surface area contributed by atoms with Crippen molar-refractivity contribution in [2.24, 2.45) is 0 Å². The zero-order chi connectivity index (χ0) is 22.4. The number of rotatable bonds is 6. The van der Waals surface area contributed by atoms with Gasteiger partial charge in [0.05, 0.1) is 12.8 Å². The van der Waals surface area contributed by atoms with Crippen LogP contribution in [0.5, 0.6) is 5.75 Å². The number of amides is 2. The molecule has 0 unspecified atom stereocenters. The molecule has 1 aromatic heterocycles. The third-order valence-corrected chi connectivity index (χ3v) is 5.20. The first-order chi connectivity index (χ1) is 14.9. The first-order valence-corrected chi connectivity index (χ1v) is 10.1. The highest BCUT2D eigenvalue weighted by Crippen LogP contribution is 2.27. The van der Waals surface area contributed by atoms with Gasteiger partial charge in [-0.25, -0.2) is 4.98 Å². The van der Waals surface area contributed by atoms with Gasteiger partial charge in [0, 0.05) is 36.3 Å². The average molecular weight is 433 g/mol. The van der Waals surface area contributed by atoms with Gasteiger partial charge in [0.25, 0.3) is 11.8 Å². The van der Waals surface area contributed by atoms with E-state index in [1.54, 1.807) is 50.9 Å². The topological polar surface area (TPSA) is 95.3 Å². The Morgan fingerprint density at radius 2 is 1.94 bits per heavy atom. The molecule has 156 valence electrons. The number of nitrogens with zero attached hydrogens (tertiary/aromatic N) is 3. The molecule has 0 saturated carbocycles. The van der Waals surface area contributed by atoms with Crippen LogP contribution >= 0.6 is 11.3 Å². The van der Waals surface area contributed by atoms with E-state index in [-0.39, 0.29) is 11.5 Å². The molecule has 0 bridgehead atoms. The van der Waals surface area contributed by atoms with E-state index < -0.39 is 5.91 Å². The minimum absolute atomic E-state index is 0.0732. The number of hydrogen-bond acceptors (Lipinski definition) is 6. The minimum atomic E-state index is -0.551. The Morgan fingerprint density at radius 1 is 1.19 bits per heavy atom. The molecule has 1 N–H and O–H groups in total. The van der Waals surface area contributed by atoms with E-state index in [0.29, 0.717) is 16.9 Å². The maximum atomic E-state index is 12.5. The van der Waals surface area contributed by atoms with Crippen LogP contribution in [0, 0.1) is 11.3 Å². The van der Waals surface area contributed by atoms with Crippen LogP contribution in [0.15, 0.2) is 59.5 Å². The second-order valence-corrected chi connectivity index (χ2v) is 7.57. The lowest BCUT2D eigenvalue weighted by Crippen LogP contribution is -2.21. The lowest BCUT2D eigenvalue weighted by Gasteiger charge is -2.10. The quantitative estimate of drug-likeness (QED) is 0.468. The van der Waals surface area contributed by atoms with Crippen LogP contribution < -0.4 is 10.1 Å². The van der Waals surface area contributed by atoms with Gasteiger partial charge in [-0.15, -0.1) is 11.3 Å². The van der Waals surface area contributed by atoms with Crippen LogP contribution in [0.2, 0.25) is 0 Å². The molecule has 0 atom stereocenters. The smallest absolute Gasteiger partial charge is 0.266 e. The van der Waals surface area contributed by atoms with Gasteiger partial charge in [0.2, 0.25) is 0 Å². The van der Waals surface area contributed by atoms with Crippen molar-refractivity contribution in [3.8, 4) is 22.4 Å². The maximum absolute atomic E-state index is 12.5. The lowest BCUT2D eigenvalue weighted by molar-refractivity contribution is -0.112. The summed E-state index contributed by atoms with van der Waals surface area (Å²) in [5.41, 5.74) is 2.32. The fourth-order valence-electron chi connectivity index (χ4n) is 2.69. The van der Waals surface area contributed by atoms with Crippen molar-refractivity contribution < 1.29 is 14.3 Å². The van der Waals surface area contributed by atoms with Gasteiger partial charge >= 0.3 is 0 Å². The van der Waals surface area contributed by atoms with E-state index in [9.17, 15) is 14.9 Å². The Bertz CT molecular complexity index is 1170. The molecule has 8 heteroatoms. The van der Waals surface area contributed by atoms with Crippen molar-refractivity contribution in [2.75, 3.05) is 26.5 Å². The molecule has 0 aliphatic carbocycles. The van der Waals surface area contributed by atoms with E-state index in [0.717, 1.165) is 16.3 Å². The summed E-state index contributed by atoms with van der Waals surface area (Å²) in [6, 6.07) is 15.9. The summed E-state index contributed by atoms with van der Waals surface area (Å²) in [6.07, 6.45) is 1.44. The highest BCUT2D eigenvalue weighted by Gasteiger charge is 2.13. The van der Waals surface area contributed by atoms with E-state index in [1.165, 1.54) is 22.3 Å². The summed E-state index contributed by atoms with van der Waals surface area (Å²) in [4.78, 5) is 30.4. The zero-order valence-corrected chi connectivity index (χ0v) is 18.1. The normalized spacial score (nSPS) is 10.8. The first-order valence-electron chi connectivity index (χ1n) is 9.26. The number of thiazole rings is 1. The second-order valence-electron chi connectivity index (χ2n) is 6.71. The van der Waals surface area contributed by atoms with Crippen molar-refractivity contribution in [1.29, 1.82) is 5.26 Å². The summed E-state index contributed by atoms with van der Waals surface area (Å²) >= 11 is 1.41. The summed E-state index contributed by atoms with van der Waals surface area (Å²) in [7, 11) is 4.93. The number of benzene rings is 2. The van der Waals surface area contributed by atoms with Gasteiger partial charge in [-0.2, -0.15) is 5.26 Å². The fraction of sp³-hybridized carbons (Fsp3) is 0.130. The van der Waals surface area contributed by atoms with Gasteiger partial charge in [0.15, 0.2) is 0 Å². The van der Waals surface area contributed by atoms with Crippen molar-refractivity contribution in [3.05, 3.63) is 70.7 Å². The summed E-state index contributed by atoms with van der Waals surface area (Å²) in [6.45, 7) is 0. The molecule has 2 aromatic carbocycles. The maximum Gasteiger partial charge on any atom is 0.266 e. The average Bonchev–Trinajstić information content (AvgIpc) is 3.26. The van der Waals surface area contributed by atoms with Crippen molar-refractivity contribution in [3.63, 3.8) is 0 Å². The van der Waals surface area contributed by atoms with Gasteiger partial charge in [-0.05, 0) is 42.5 Å². The molecule has 0 saturated heterocycles. The molecule has 3 rings (SSSR count). The number of ether oxygens (including phenoxy) is 1. The Labute approximate surface area is 184 Å². The number of nitrogens with one attached hydrogen (secondary N) is 1. The summed E-state index contributed by atoms with van der Waals surface area (Å²) < 4.78 is 5.23. The lowest BCUT2D eigenvalue weighted by atomic mass is 10.1. The molecular weight excluding hydrogens is 412 g/mol. The van der Waals surface area contributed by atoms with Gasteiger partial charge in [-0.1, -0.05) is 12.1 Å². The molecule has 7 nitrogen and oxygen atoms in total. The Balaban J connectivity index is 1.74. The van der Waals surface area contributed by atoms with Crippen LogP contribution in [-0.4, -0.2) is 42.9 Å². The van der Waals surface area contributed by atoms with E-state index in [1.807, 2.05) is 30.3 Å². The van der Waals surface area contributed by atoms with E-state index in [4.69, 9.17) is 4.74 Å².